The predicted molar refractivity (Wildman–Crippen MR) is 209 cm³/mol. The third-order valence-electron chi connectivity index (χ3n) is 7.44. The van der Waals surface area contributed by atoms with Gasteiger partial charge in [0.15, 0.2) is 5.96 Å². The number of guanidine groups is 1. The van der Waals surface area contributed by atoms with E-state index in [1.807, 2.05) is 0 Å². The number of hydrogen-bond donors (Lipinski definition) is 16. The van der Waals surface area contributed by atoms with Gasteiger partial charge in [-0.2, -0.15) is 0 Å². The van der Waals surface area contributed by atoms with E-state index in [9.17, 15) is 62.6 Å². The summed E-state index contributed by atoms with van der Waals surface area (Å²) < 4.78 is 0. The van der Waals surface area contributed by atoms with Crippen molar-refractivity contribution in [1.82, 2.24) is 53.2 Å². The van der Waals surface area contributed by atoms with Gasteiger partial charge in [-0.05, 0) is 38.6 Å². The van der Waals surface area contributed by atoms with E-state index in [1.54, 1.807) is 0 Å². The van der Waals surface area contributed by atoms with Gasteiger partial charge in [-0.1, -0.05) is 0 Å². The maximum atomic E-state index is 12.5. The average Bonchev–Trinajstić information content (AvgIpc) is 3.20. The standard InChI is InChI=1S/C32H55N15O14/c33-6-2-1-5-18(31(60)61)46-26(54)15-42-22(50)11-38-21(49)10-41-25(53)14-45-30(59)19(8-28(56)57)47-27(55)16-43-23(51)12-39-20(48)9-40-24(52)13-44-29(58)17(34)4-3-7-37-32(35)36/h17-19H,1-16,33-34H2,(H,38,49)(H,39,48)(H,40,52)(H,41,53)(H,42,50)(H,43,51)(H,44,58)(H,45,59)(H,46,54)(H,47,55)(H,56,57)(H,60,61)(H4,35,36,37)/t17-,18-,19-/m0/s1. The number of amides is 10. The number of aliphatic carboxylic acids is 2. The number of unbranched alkanes of at least 4 members (excludes halogenated alkanes) is 1. The van der Waals surface area contributed by atoms with Crippen molar-refractivity contribution in [3.63, 3.8) is 0 Å². The van der Waals surface area contributed by atoms with Crippen molar-refractivity contribution in [2.24, 2.45) is 27.9 Å². The van der Waals surface area contributed by atoms with Crippen LogP contribution in [0.2, 0.25) is 0 Å². The zero-order chi connectivity index (χ0) is 46.3. The molecule has 0 aromatic carbocycles. The van der Waals surface area contributed by atoms with Gasteiger partial charge in [0, 0.05) is 6.54 Å². The fourth-order valence-corrected chi connectivity index (χ4v) is 4.31. The quantitative estimate of drug-likeness (QED) is 0.0175. The lowest BCUT2D eigenvalue weighted by Gasteiger charge is -2.17. The fraction of sp³-hybridized carbons (Fsp3) is 0.594. The Balaban J connectivity index is 4.49. The second-order valence-corrected chi connectivity index (χ2v) is 12.6. The Morgan fingerprint density at radius 3 is 1.23 bits per heavy atom. The van der Waals surface area contributed by atoms with Crippen molar-refractivity contribution in [2.45, 2.75) is 56.7 Å². The second kappa shape index (κ2) is 30.8. The first-order chi connectivity index (χ1) is 28.7. The molecule has 20 N–H and O–H groups in total. The molecular formula is C32H55N15O14. The highest BCUT2D eigenvalue weighted by Gasteiger charge is 2.25. The molecule has 0 spiro atoms. The molecule has 0 saturated carbocycles. The van der Waals surface area contributed by atoms with Crippen LogP contribution in [-0.4, -0.2) is 171 Å². The Morgan fingerprint density at radius 1 is 0.475 bits per heavy atom. The van der Waals surface area contributed by atoms with E-state index in [0.29, 0.717) is 25.8 Å². The highest BCUT2D eigenvalue weighted by atomic mass is 16.4. The Hall–Kier alpha value is -7.17. The van der Waals surface area contributed by atoms with Crippen LogP contribution in [0.3, 0.4) is 0 Å². The van der Waals surface area contributed by atoms with Crippen LogP contribution in [0.25, 0.3) is 0 Å². The summed E-state index contributed by atoms with van der Waals surface area (Å²) in [5.74, 6) is -11.5. The molecule has 0 aliphatic rings. The third kappa shape index (κ3) is 28.8. The zero-order valence-corrected chi connectivity index (χ0v) is 33.1. The van der Waals surface area contributed by atoms with E-state index in [-0.39, 0.29) is 25.3 Å². The number of nitrogens with zero attached hydrogens (tertiary/aromatic N) is 1. The molecule has 3 atom stereocenters. The molecule has 0 bridgehead atoms. The number of nitrogens with two attached hydrogens (primary N) is 4. The number of aliphatic imine (C=N–C) groups is 1. The first kappa shape index (κ1) is 53.8. The summed E-state index contributed by atoms with van der Waals surface area (Å²) >= 11 is 0. The molecular weight excluding hydrogens is 818 g/mol. The van der Waals surface area contributed by atoms with Crippen LogP contribution in [0.1, 0.15) is 38.5 Å². The van der Waals surface area contributed by atoms with Crippen molar-refractivity contribution in [2.75, 3.05) is 65.4 Å². The van der Waals surface area contributed by atoms with Crippen LogP contribution in [0, 0.1) is 0 Å². The lowest BCUT2D eigenvalue weighted by molar-refractivity contribution is -0.142. The first-order valence-corrected chi connectivity index (χ1v) is 18.4. The number of carboxylic acids is 2. The van der Waals surface area contributed by atoms with E-state index in [4.69, 9.17) is 28.0 Å². The van der Waals surface area contributed by atoms with E-state index in [2.05, 4.69) is 58.2 Å². The second-order valence-electron chi connectivity index (χ2n) is 12.6. The monoisotopic (exact) mass is 873 g/mol. The van der Waals surface area contributed by atoms with Crippen molar-refractivity contribution < 1.29 is 67.7 Å². The minimum atomic E-state index is -1.72. The normalized spacial score (nSPS) is 11.7. The molecule has 0 rings (SSSR count). The minimum Gasteiger partial charge on any atom is -0.481 e. The van der Waals surface area contributed by atoms with Gasteiger partial charge in [0.25, 0.3) is 0 Å². The summed E-state index contributed by atoms with van der Waals surface area (Å²) in [5.41, 5.74) is 21.5. The minimum absolute atomic E-state index is 0.109. The summed E-state index contributed by atoms with van der Waals surface area (Å²) in [7, 11) is 0. The van der Waals surface area contributed by atoms with Crippen LogP contribution in [0.4, 0.5) is 0 Å². The summed E-state index contributed by atoms with van der Waals surface area (Å²) in [5, 5.41) is 40.0. The van der Waals surface area contributed by atoms with Crippen LogP contribution < -0.4 is 76.1 Å². The Bertz CT molecular complexity index is 1610. The predicted octanol–water partition coefficient (Wildman–Crippen LogP) is -10.0. The number of carboxylic acid groups (broad SMARTS) is 2. The molecule has 0 heterocycles. The molecule has 342 valence electrons. The highest BCUT2D eigenvalue weighted by Crippen LogP contribution is 2.01. The summed E-state index contributed by atoms with van der Waals surface area (Å²) in [4.78, 5) is 147. The molecule has 0 fully saturated rings. The molecule has 0 unspecified atom stereocenters. The smallest absolute Gasteiger partial charge is 0.326 e. The van der Waals surface area contributed by atoms with Gasteiger partial charge < -0.3 is 86.3 Å². The average molecular weight is 874 g/mol. The third-order valence-corrected chi connectivity index (χ3v) is 7.44. The number of hydrogen-bond acceptors (Lipinski definition) is 15. The summed E-state index contributed by atoms with van der Waals surface area (Å²) in [6.45, 7) is -4.54. The van der Waals surface area contributed by atoms with Crippen LogP contribution >= 0.6 is 0 Å². The van der Waals surface area contributed by atoms with Gasteiger partial charge in [0.1, 0.15) is 12.1 Å². The lowest BCUT2D eigenvalue weighted by atomic mass is 10.1. The molecule has 0 radical (unpaired) electrons. The maximum absolute atomic E-state index is 12.5. The number of carbonyl (C=O) groups is 12. The topological polar surface area (TPSA) is 482 Å². The molecule has 0 saturated heterocycles. The molecule has 0 aromatic heterocycles. The number of carbonyl (C=O) groups excluding carboxylic acids is 10. The van der Waals surface area contributed by atoms with Crippen LogP contribution in [0.5, 0.6) is 0 Å². The maximum Gasteiger partial charge on any atom is 0.326 e. The number of rotatable bonds is 31. The lowest BCUT2D eigenvalue weighted by Crippen LogP contribution is -2.52. The van der Waals surface area contributed by atoms with E-state index >= 15 is 0 Å². The van der Waals surface area contributed by atoms with Gasteiger partial charge in [0.2, 0.25) is 59.1 Å². The molecule has 29 heteroatoms. The van der Waals surface area contributed by atoms with Gasteiger partial charge in [0.05, 0.1) is 64.8 Å². The SMILES string of the molecule is NCCCC[C@H](NC(=O)CNC(=O)CNC(=O)CNC(=O)CNC(=O)[C@H](CC(=O)O)NC(=O)CNC(=O)CNC(=O)CNC(=O)CNC(=O)[C@@H](N)CCCN=C(N)N)C(=O)O. The zero-order valence-electron chi connectivity index (χ0n) is 33.1. The first-order valence-electron chi connectivity index (χ1n) is 18.4. The Labute approximate surface area is 347 Å². The molecule has 10 amide bonds. The highest BCUT2D eigenvalue weighted by molar-refractivity contribution is 5.96. The van der Waals surface area contributed by atoms with E-state index in [0.717, 1.165) is 0 Å². The Kier molecular flexibility index (Phi) is 27.2. The molecule has 61 heavy (non-hydrogen) atoms. The van der Waals surface area contributed by atoms with E-state index in [1.165, 1.54) is 0 Å². The van der Waals surface area contributed by atoms with Gasteiger partial charge in [-0.25, -0.2) is 4.79 Å². The molecule has 29 nitrogen and oxygen atoms in total. The summed E-state index contributed by atoms with van der Waals surface area (Å²) in [6, 6.07) is -3.83. The van der Waals surface area contributed by atoms with Gasteiger partial charge in [-0.15, -0.1) is 0 Å². The molecule has 0 aliphatic carbocycles. The van der Waals surface area contributed by atoms with Crippen LogP contribution in [0.15, 0.2) is 4.99 Å². The van der Waals surface area contributed by atoms with E-state index < -0.39 is 148 Å². The fourth-order valence-electron chi connectivity index (χ4n) is 4.31. The largest absolute Gasteiger partial charge is 0.481 e. The van der Waals surface area contributed by atoms with Crippen molar-refractivity contribution >= 4 is 77.0 Å². The Morgan fingerprint density at radius 2 is 0.852 bits per heavy atom. The van der Waals surface area contributed by atoms with Crippen LogP contribution in [-0.2, 0) is 57.5 Å². The number of nitrogens with one attached hydrogen (secondary N) is 10. The summed E-state index contributed by atoms with van der Waals surface area (Å²) in [6.07, 6.45) is 0.856. The van der Waals surface area contributed by atoms with Gasteiger partial charge >= 0.3 is 11.9 Å². The van der Waals surface area contributed by atoms with Crippen molar-refractivity contribution in [1.29, 1.82) is 0 Å². The van der Waals surface area contributed by atoms with Crippen molar-refractivity contribution in [3.05, 3.63) is 0 Å². The van der Waals surface area contributed by atoms with Gasteiger partial charge in [-0.3, -0.25) is 57.7 Å². The molecule has 0 aliphatic heterocycles. The van der Waals surface area contributed by atoms with Crippen molar-refractivity contribution in [3.8, 4) is 0 Å². The molecule has 0 aromatic rings.